The Kier molecular flexibility index (Phi) is 3.60. The summed E-state index contributed by atoms with van der Waals surface area (Å²) in [7, 11) is 3.85. The molecule has 2 aliphatic heterocycles. The third kappa shape index (κ3) is 2.42. The summed E-state index contributed by atoms with van der Waals surface area (Å²) < 4.78 is 13.8. The number of piperidine rings is 1. The van der Waals surface area contributed by atoms with E-state index in [-0.39, 0.29) is 11.7 Å². The molecule has 2 saturated heterocycles. The minimum absolute atomic E-state index is 0.0209. The van der Waals surface area contributed by atoms with Crippen molar-refractivity contribution in [1.29, 1.82) is 0 Å². The van der Waals surface area contributed by atoms with Gasteiger partial charge in [0, 0.05) is 46.2 Å². The number of hydrogen-bond donors (Lipinski definition) is 0. The zero-order valence-corrected chi connectivity index (χ0v) is 11.8. The van der Waals surface area contributed by atoms with E-state index < -0.39 is 0 Å². The Bertz CT molecular complexity index is 426. The van der Waals surface area contributed by atoms with Crippen LogP contribution in [0.1, 0.15) is 25.1 Å². The molecule has 3 rings (SSSR count). The van der Waals surface area contributed by atoms with Crippen LogP contribution >= 0.6 is 0 Å². The fourth-order valence-corrected chi connectivity index (χ4v) is 3.35. The zero-order valence-electron chi connectivity index (χ0n) is 11.8. The molecule has 0 aromatic carbocycles. The van der Waals surface area contributed by atoms with Crippen molar-refractivity contribution in [3.8, 4) is 0 Å². The lowest BCUT2D eigenvalue weighted by molar-refractivity contribution is -0.143. The van der Waals surface area contributed by atoms with Gasteiger partial charge in [-0.3, -0.25) is 4.90 Å². The third-order valence-corrected chi connectivity index (χ3v) is 4.57. The summed E-state index contributed by atoms with van der Waals surface area (Å²) in [5.41, 5.74) is -0.0209. The lowest BCUT2D eigenvalue weighted by atomic mass is 9.86. The Morgan fingerprint density at radius 2 is 2.42 bits per heavy atom. The minimum atomic E-state index is -0.0209. The summed E-state index contributed by atoms with van der Waals surface area (Å²) in [6, 6.07) is 0. The van der Waals surface area contributed by atoms with Crippen molar-refractivity contribution in [3.05, 3.63) is 18.2 Å². The van der Waals surface area contributed by atoms with Gasteiger partial charge in [-0.25, -0.2) is 4.98 Å². The van der Waals surface area contributed by atoms with Crippen molar-refractivity contribution >= 4 is 0 Å². The Hall–Kier alpha value is -0.910. The summed E-state index contributed by atoms with van der Waals surface area (Å²) in [5.74, 6) is 1.11. The Balaban J connectivity index is 1.66. The molecule has 0 unspecified atom stereocenters. The molecule has 1 aromatic heterocycles. The molecule has 19 heavy (non-hydrogen) atoms. The maximum absolute atomic E-state index is 6.02. The first kappa shape index (κ1) is 13.1. The molecule has 106 valence electrons. The first-order valence-corrected chi connectivity index (χ1v) is 7.09. The molecule has 1 spiro atoms. The Labute approximate surface area is 114 Å². The number of aromatic nitrogens is 2. The van der Waals surface area contributed by atoms with Crippen molar-refractivity contribution in [2.24, 2.45) is 7.05 Å². The monoisotopic (exact) mass is 265 g/mol. The maximum atomic E-state index is 6.02. The summed E-state index contributed by atoms with van der Waals surface area (Å²) in [4.78, 5) is 6.82. The summed E-state index contributed by atoms with van der Waals surface area (Å²) >= 11 is 0. The SMILES string of the molecule is CO[C@H]1CN(Cc2nccn2C)CC[C@@]12CCCO2. The standard InChI is InChI=1S/C14H23N3O2/c1-16-8-6-15-13(16)11-17-7-5-14(4-3-9-19-14)12(10-17)18-2/h6,8,12H,3-5,7,9-11H2,1-2H3/t12-,14-/m0/s1. The van der Waals surface area contributed by atoms with Gasteiger partial charge < -0.3 is 14.0 Å². The predicted octanol–water partition coefficient (Wildman–Crippen LogP) is 1.19. The minimum Gasteiger partial charge on any atom is -0.377 e. The predicted molar refractivity (Wildman–Crippen MR) is 71.8 cm³/mol. The van der Waals surface area contributed by atoms with Crippen molar-refractivity contribution in [2.45, 2.75) is 37.5 Å². The van der Waals surface area contributed by atoms with Gasteiger partial charge in [0.05, 0.1) is 18.2 Å². The number of nitrogens with zero attached hydrogens (tertiary/aromatic N) is 3. The van der Waals surface area contributed by atoms with Crippen molar-refractivity contribution in [1.82, 2.24) is 14.5 Å². The molecule has 1 aromatic rings. The number of likely N-dealkylation sites (tertiary alicyclic amines) is 1. The van der Waals surface area contributed by atoms with Crippen LogP contribution in [0.5, 0.6) is 0 Å². The number of ether oxygens (including phenoxy) is 2. The number of hydrogen-bond acceptors (Lipinski definition) is 4. The second-order valence-electron chi connectivity index (χ2n) is 5.68. The van der Waals surface area contributed by atoms with Crippen molar-refractivity contribution in [2.75, 3.05) is 26.8 Å². The molecular formula is C14H23N3O2. The van der Waals surface area contributed by atoms with E-state index in [4.69, 9.17) is 9.47 Å². The topological polar surface area (TPSA) is 39.5 Å². The fraction of sp³-hybridized carbons (Fsp3) is 0.786. The van der Waals surface area contributed by atoms with Gasteiger partial charge in [-0.05, 0) is 19.3 Å². The summed E-state index contributed by atoms with van der Waals surface area (Å²) in [6.45, 7) is 3.77. The smallest absolute Gasteiger partial charge is 0.122 e. The van der Waals surface area contributed by atoms with Crippen LogP contribution < -0.4 is 0 Å². The van der Waals surface area contributed by atoms with E-state index in [1.165, 1.54) is 6.42 Å². The van der Waals surface area contributed by atoms with Crippen LogP contribution in [0.2, 0.25) is 0 Å². The van der Waals surface area contributed by atoms with Crippen LogP contribution in [0, 0.1) is 0 Å². The molecule has 2 aliphatic rings. The van der Waals surface area contributed by atoms with E-state index >= 15 is 0 Å². The zero-order chi connectivity index (χ0) is 13.3. The first-order valence-electron chi connectivity index (χ1n) is 7.09. The van der Waals surface area contributed by atoms with Gasteiger partial charge in [0.25, 0.3) is 0 Å². The molecule has 5 nitrogen and oxygen atoms in total. The quantitative estimate of drug-likeness (QED) is 0.823. The molecule has 0 N–H and O–H groups in total. The van der Waals surface area contributed by atoms with E-state index in [0.29, 0.717) is 0 Å². The average Bonchev–Trinajstić information content (AvgIpc) is 3.03. The van der Waals surface area contributed by atoms with Gasteiger partial charge in [0.1, 0.15) is 5.82 Å². The molecule has 0 amide bonds. The van der Waals surface area contributed by atoms with Gasteiger partial charge in [-0.2, -0.15) is 0 Å². The van der Waals surface area contributed by atoms with Crippen LogP contribution in [0.3, 0.4) is 0 Å². The average molecular weight is 265 g/mol. The van der Waals surface area contributed by atoms with E-state index in [1.807, 2.05) is 19.4 Å². The van der Waals surface area contributed by atoms with E-state index in [9.17, 15) is 0 Å². The fourth-order valence-electron chi connectivity index (χ4n) is 3.35. The highest BCUT2D eigenvalue weighted by Gasteiger charge is 2.46. The molecule has 2 atom stereocenters. The lowest BCUT2D eigenvalue weighted by Crippen LogP contribution is -2.55. The van der Waals surface area contributed by atoms with E-state index in [1.54, 1.807) is 7.11 Å². The number of methoxy groups -OCH3 is 1. The highest BCUT2D eigenvalue weighted by Crippen LogP contribution is 2.37. The Morgan fingerprint density at radius 3 is 3.05 bits per heavy atom. The maximum Gasteiger partial charge on any atom is 0.122 e. The van der Waals surface area contributed by atoms with Crippen LogP contribution in [0.15, 0.2) is 12.4 Å². The second kappa shape index (κ2) is 5.23. The molecule has 5 heteroatoms. The van der Waals surface area contributed by atoms with Crippen molar-refractivity contribution in [3.63, 3.8) is 0 Å². The largest absolute Gasteiger partial charge is 0.377 e. The molecule has 0 saturated carbocycles. The van der Waals surface area contributed by atoms with E-state index in [2.05, 4.69) is 14.5 Å². The summed E-state index contributed by atoms with van der Waals surface area (Å²) in [6.07, 6.45) is 7.41. The van der Waals surface area contributed by atoms with E-state index in [0.717, 1.165) is 44.9 Å². The van der Waals surface area contributed by atoms with Gasteiger partial charge in [-0.15, -0.1) is 0 Å². The van der Waals surface area contributed by atoms with Gasteiger partial charge in [0.2, 0.25) is 0 Å². The first-order chi connectivity index (χ1) is 9.23. The summed E-state index contributed by atoms with van der Waals surface area (Å²) in [5, 5.41) is 0. The normalized spacial score (nSPS) is 32.2. The van der Waals surface area contributed by atoms with Crippen LogP contribution in [0.25, 0.3) is 0 Å². The van der Waals surface area contributed by atoms with Crippen LogP contribution in [-0.4, -0.2) is 53.0 Å². The van der Waals surface area contributed by atoms with Gasteiger partial charge >= 0.3 is 0 Å². The third-order valence-electron chi connectivity index (χ3n) is 4.57. The Morgan fingerprint density at radius 1 is 1.53 bits per heavy atom. The number of aryl methyl sites for hydroxylation is 1. The van der Waals surface area contributed by atoms with Gasteiger partial charge in [-0.1, -0.05) is 0 Å². The molecular weight excluding hydrogens is 242 g/mol. The van der Waals surface area contributed by atoms with Crippen molar-refractivity contribution < 1.29 is 9.47 Å². The number of rotatable bonds is 3. The molecule has 0 bridgehead atoms. The van der Waals surface area contributed by atoms with Crippen LogP contribution in [0.4, 0.5) is 0 Å². The molecule has 3 heterocycles. The molecule has 2 fully saturated rings. The number of imidazole rings is 1. The van der Waals surface area contributed by atoms with Gasteiger partial charge in [0.15, 0.2) is 0 Å². The highest BCUT2D eigenvalue weighted by atomic mass is 16.5. The van der Waals surface area contributed by atoms with Crippen LogP contribution in [-0.2, 0) is 23.1 Å². The highest BCUT2D eigenvalue weighted by molar-refractivity contribution is 5.00. The molecule has 0 aliphatic carbocycles. The second-order valence-corrected chi connectivity index (χ2v) is 5.68. The lowest BCUT2D eigenvalue weighted by Gasteiger charge is -2.44. The molecule has 0 radical (unpaired) electrons.